The maximum absolute atomic E-state index is 11.7. The van der Waals surface area contributed by atoms with Gasteiger partial charge in [0.15, 0.2) is 0 Å². The normalized spacial score (nSPS) is 15.7. The molecule has 1 aliphatic rings. The smallest absolute Gasteiger partial charge is 0.221 e. The number of morpholine rings is 1. The second-order valence-electron chi connectivity index (χ2n) is 4.81. The highest BCUT2D eigenvalue weighted by atomic mass is 16.5. The van der Waals surface area contributed by atoms with Gasteiger partial charge in [-0.3, -0.25) is 14.5 Å². The Kier molecular flexibility index (Phi) is 7.91. The van der Waals surface area contributed by atoms with Gasteiger partial charge in [-0.25, -0.2) is 0 Å². The Balaban J connectivity index is 2.12. The van der Waals surface area contributed by atoms with E-state index in [-0.39, 0.29) is 11.8 Å². The van der Waals surface area contributed by atoms with Gasteiger partial charge in [-0.2, -0.15) is 0 Å². The van der Waals surface area contributed by atoms with Gasteiger partial charge in [-0.1, -0.05) is 6.08 Å². The van der Waals surface area contributed by atoms with Gasteiger partial charge in [0.25, 0.3) is 0 Å². The molecule has 1 heterocycles. The summed E-state index contributed by atoms with van der Waals surface area (Å²) in [5, 5.41) is 2.88. The molecule has 0 radical (unpaired) electrons. The molecule has 0 aromatic carbocycles. The van der Waals surface area contributed by atoms with E-state index in [0.717, 1.165) is 32.8 Å². The van der Waals surface area contributed by atoms with E-state index in [1.165, 1.54) is 6.92 Å². The number of hydrogen-bond acceptors (Lipinski definition) is 4. The average molecular weight is 283 g/mol. The lowest BCUT2D eigenvalue weighted by atomic mass is 10.3. The van der Waals surface area contributed by atoms with Crippen LogP contribution in [0.1, 0.15) is 13.3 Å². The fraction of sp³-hybridized carbons (Fsp3) is 0.714. The van der Waals surface area contributed by atoms with Crippen LogP contribution in [0.5, 0.6) is 0 Å². The van der Waals surface area contributed by atoms with Crippen LogP contribution in [-0.4, -0.2) is 74.1 Å². The molecule has 1 saturated heterocycles. The largest absolute Gasteiger partial charge is 0.379 e. The van der Waals surface area contributed by atoms with E-state index in [4.69, 9.17) is 4.74 Å². The summed E-state index contributed by atoms with van der Waals surface area (Å²) >= 11 is 0. The first-order chi connectivity index (χ1) is 9.63. The van der Waals surface area contributed by atoms with E-state index in [9.17, 15) is 9.59 Å². The SMILES string of the molecule is C=CCN(CCC(=O)NCCN1CCOCC1)C(C)=O. The molecule has 6 nitrogen and oxygen atoms in total. The molecule has 0 aromatic heterocycles. The topological polar surface area (TPSA) is 61.9 Å². The van der Waals surface area contributed by atoms with Crippen LogP contribution < -0.4 is 5.32 Å². The fourth-order valence-corrected chi connectivity index (χ4v) is 2.04. The number of nitrogens with one attached hydrogen (secondary N) is 1. The van der Waals surface area contributed by atoms with Crippen molar-refractivity contribution in [2.45, 2.75) is 13.3 Å². The zero-order valence-corrected chi connectivity index (χ0v) is 12.3. The Hall–Kier alpha value is -1.40. The lowest BCUT2D eigenvalue weighted by Gasteiger charge is -2.26. The van der Waals surface area contributed by atoms with Gasteiger partial charge in [0, 0.05) is 52.6 Å². The van der Waals surface area contributed by atoms with Crippen molar-refractivity contribution in [1.29, 1.82) is 0 Å². The van der Waals surface area contributed by atoms with Crippen molar-refractivity contribution >= 4 is 11.8 Å². The van der Waals surface area contributed by atoms with Gasteiger partial charge < -0.3 is 15.0 Å². The van der Waals surface area contributed by atoms with Gasteiger partial charge in [-0.15, -0.1) is 6.58 Å². The van der Waals surface area contributed by atoms with Crippen LogP contribution in [0.3, 0.4) is 0 Å². The quantitative estimate of drug-likeness (QED) is 0.630. The Labute approximate surface area is 120 Å². The van der Waals surface area contributed by atoms with Crippen LogP contribution in [0, 0.1) is 0 Å². The first-order valence-electron chi connectivity index (χ1n) is 7.06. The molecule has 0 aromatic rings. The molecule has 0 atom stereocenters. The Bertz CT molecular complexity index is 328. The standard InChI is InChI=1S/C14H25N3O3/c1-3-6-17(13(2)18)7-4-14(19)15-5-8-16-9-11-20-12-10-16/h3H,1,4-12H2,2H3,(H,15,19). The van der Waals surface area contributed by atoms with Crippen molar-refractivity contribution < 1.29 is 14.3 Å². The number of ether oxygens (including phenoxy) is 1. The Morgan fingerprint density at radius 3 is 2.70 bits per heavy atom. The van der Waals surface area contributed by atoms with Crippen LogP contribution in [0.4, 0.5) is 0 Å². The molecular weight excluding hydrogens is 258 g/mol. The molecule has 1 N–H and O–H groups in total. The third-order valence-corrected chi connectivity index (χ3v) is 3.26. The highest BCUT2D eigenvalue weighted by Crippen LogP contribution is 1.96. The second-order valence-corrected chi connectivity index (χ2v) is 4.81. The predicted molar refractivity (Wildman–Crippen MR) is 77.3 cm³/mol. The number of rotatable bonds is 8. The molecule has 0 aliphatic carbocycles. The number of carbonyl (C=O) groups excluding carboxylic acids is 2. The van der Waals surface area contributed by atoms with Crippen LogP contribution in [-0.2, 0) is 14.3 Å². The van der Waals surface area contributed by atoms with Crippen molar-refractivity contribution in [3.8, 4) is 0 Å². The molecule has 2 amide bonds. The van der Waals surface area contributed by atoms with Gasteiger partial charge in [-0.05, 0) is 0 Å². The van der Waals surface area contributed by atoms with Gasteiger partial charge in [0.05, 0.1) is 13.2 Å². The van der Waals surface area contributed by atoms with Gasteiger partial charge >= 0.3 is 0 Å². The molecule has 6 heteroatoms. The lowest BCUT2D eigenvalue weighted by Crippen LogP contribution is -2.42. The maximum atomic E-state index is 11.7. The van der Waals surface area contributed by atoms with E-state index < -0.39 is 0 Å². The summed E-state index contributed by atoms with van der Waals surface area (Å²) < 4.78 is 5.26. The molecule has 114 valence electrons. The van der Waals surface area contributed by atoms with E-state index in [1.807, 2.05) is 0 Å². The van der Waals surface area contributed by atoms with Gasteiger partial charge in [0.2, 0.25) is 11.8 Å². The molecule has 1 rings (SSSR count). The van der Waals surface area contributed by atoms with Crippen LogP contribution in [0.25, 0.3) is 0 Å². The highest BCUT2D eigenvalue weighted by Gasteiger charge is 2.11. The molecule has 1 aliphatic heterocycles. The first-order valence-corrected chi connectivity index (χ1v) is 7.06. The Morgan fingerprint density at radius 2 is 2.10 bits per heavy atom. The summed E-state index contributed by atoms with van der Waals surface area (Å²) in [7, 11) is 0. The summed E-state index contributed by atoms with van der Waals surface area (Å²) in [4.78, 5) is 26.9. The van der Waals surface area contributed by atoms with Gasteiger partial charge in [0.1, 0.15) is 0 Å². The van der Waals surface area contributed by atoms with Crippen molar-refractivity contribution in [1.82, 2.24) is 15.1 Å². The molecule has 1 fully saturated rings. The molecule has 20 heavy (non-hydrogen) atoms. The van der Waals surface area contributed by atoms with Crippen molar-refractivity contribution in [2.75, 3.05) is 52.5 Å². The molecule has 0 saturated carbocycles. The minimum atomic E-state index is -0.0361. The van der Waals surface area contributed by atoms with Crippen molar-refractivity contribution in [3.05, 3.63) is 12.7 Å². The number of nitrogens with zero attached hydrogens (tertiary/aromatic N) is 2. The fourth-order valence-electron chi connectivity index (χ4n) is 2.04. The summed E-state index contributed by atoms with van der Waals surface area (Å²) in [6.45, 7) is 10.9. The molecule has 0 bridgehead atoms. The summed E-state index contributed by atoms with van der Waals surface area (Å²) in [5.41, 5.74) is 0. The summed E-state index contributed by atoms with van der Waals surface area (Å²) in [5.74, 6) is -0.0559. The molecular formula is C14H25N3O3. The lowest BCUT2D eigenvalue weighted by molar-refractivity contribution is -0.129. The zero-order chi connectivity index (χ0) is 14.8. The highest BCUT2D eigenvalue weighted by molar-refractivity contribution is 5.78. The number of amides is 2. The van der Waals surface area contributed by atoms with Crippen LogP contribution >= 0.6 is 0 Å². The van der Waals surface area contributed by atoms with E-state index in [1.54, 1.807) is 11.0 Å². The molecule has 0 unspecified atom stereocenters. The van der Waals surface area contributed by atoms with E-state index in [2.05, 4.69) is 16.8 Å². The minimum absolute atomic E-state index is 0.0198. The number of carbonyl (C=O) groups is 2. The first kappa shape index (κ1) is 16.7. The van der Waals surface area contributed by atoms with E-state index in [0.29, 0.717) is 26.1 Å². The Morgan fingerprint density at radius 1 is 1.40 bits per heavy atom. The monoisotopic (exact) mass is 283 g/mol. The minimum Gasteiger partial charge on any atom is -0.379 e. The van der Waals surface area contributed by atoms with Crippen molar-refractivity contribution in [2.24, 2.45) is 0 Å². The van der Waals surface area contributed by atoms with E-state index >= 15 is 0 Å². The number of hydrogen-bond donors (Lipinski definition) is 1. The zero-order valence-electron chi connectivity index (χ0n) is 12.3. The summed E-state index contributed by atoms with van der Waals surface area (Å²) in [6.07, 6.45) is 1.99. The van der Waals surface area contributed by atoms with Crippen LogP contribution in [0.2, 0.25) is 0 Å². The third kappa shape index (κ3) is 6.68. The van der Waals surface area contributed by atoms with Crippen molar-refractivity contribution in [3.63, 3.8) is 0 Å². The predicted octanol–water partition coefficient (Wildman–Crippen LogP) is -0.141. The van der Waals surface area contributed by atoms with Crippen LogP contribution in [0.15, 0.2) is 12.7 Å². The summed E-state index contributed by atoms with van der Waals surface area (Å²) in [6, 6.07) is 0. The third-order valence-electron chi connectivity index (χ3n) is 3.26. The maximum Gasteiger partial charge on any atom is 0.221 e. The second kappa shape index (κ2) is 9.50. The molecule has 0 spiro atoms. The average Bonchev–Trinajstić information content (AvgIpc) is 2.44.